The van der Waals surface area contributed by atoms with Crippen LogP contribution in [0.2, 0.25) is 5.02 Å². The predicted molar refractivity (Wildman–Crippen MR) is 113 cm³/mol. The Morgan fingerprint density at radius 2 is 1.55 bits per heavy atom. The molecular formula is C20H22ClN3O4S. The van der Waals surface area contributed by atoms with E-state index in [9.17, 15) is 18.0 Å². The van der Waals surface area contributed by atoms with E-state index in [0.717, 1.165) is 0 Å². The van der Waals surface area contributed by atoms with Gasteiger partial charge in [0.2, 0.25) is 10.0 Å². The molecule has 2 N–H and O–H groups in total. The van der Waals surface area contributed by atoms with Crippen LogP contribution in [0.25, 0.3) is 6.08 Å². The van der Waals surface area contributed by atoms with Crippen molar-refractivity contribution in [2.75, 3.05) is 13.1 Å². The van der Waals surface area contributed by atoms with Crippen LogP contribution in [0.15, 0.2) is 59.5 Å². The predicted octanol–water partition coefficient (Wildman–Crippen LogP) is 2.84. The van der Waals surface area contributed by atoms with Crippen LogP contribution >= 0.6 is 11.6 Å². The summed E-state index contributed by atoms with van der Waals surface area (Å²) in [5, 5.41) is 0.504. The molecule has 154 valence electrons. The van der Waals surface area contributed by atoms with Crippen LogP contribution in [0.3, 0.4) is 0 Å². The Morgan fingerprint density at radius 1 is 0.966 bits per heavy atom. The zero-order valence-corrected chi connectivity index (χ0v) is 17.6. The number of carbonyl (C=O) groups excluding carboxylic acids is 2. The Kier molecular flexibility index (Phi) is 7.95. The number of carbonyl (C=O) groups is 2. The van der Waals surface area contributed by atoms with E-state index in [1.165, 1.54) is 40.7 Å². The monoisotopic (exact) mass is 435 g/mol. The van der Waals surface area contributed by atoms with Crippen LogP contribution in [0, 0.1) is 0 Å². The second-order valence-corrected chi connectivity index (χ2v) is 8.32. The van der Waals surface area contributed by atoms with Gasteiger partial charge in [0.25, 0.3) is 11.8 Å². The maximum Gasteiger partial charge on any atom is 0.269 e. The van der Waals surface area contributed by atoms with E-state index >= 15 is 0 Å². The molecule has 0 spiro atoms. The Labute approximate surface area is 175 Å². The molecule has 2 aromatic rings. The van der Waals surface area contributed by atoms with Gasteiger partial charge in [0.15, 0.2) is 0 Å². The molecule has 0 saturated carbocycles. The van der Waals surface area contributed by atoms with Crippen molar-refractivity contribution < 1.29 is 18.0 Å². The number of hydrogen-bond acceptors (Lipinski definition) is 4. The highest BCUT2D eigenvalue weighted by Crippen LogP contribution is 2.16. The average Bonchev–Trinajstić information content (AvgIpc) is 2.72. The highest BCUT2D eigenvalue weighted by atomic mass is 35.5. The first-order valence-corrected chi connectivity index (χ1v) is 10.7. The number of halogens is 1. The fourth-order valence-electron chi connectivity index (χ4n) is 2.47. The third-order valence-electron chi connectivity index (χ3n) is 4.06. The van der Waals surface area contributed by atoms with Crippen molar-refractivity contribution in [1.82, 2.24) is 15.2 Å². The lowest BCUT2D eigenvalue weighted by Gasteiger charge is -2.18. The lowest BCUT2D eigenvalue weighted by Crippen LogP contribution is -2.40. The summed E-state index contributed by atoms with van der Waals surface area (Å²) in [6.45, 7) is 4.34. The SMILES string of the molecule is CCN(CC)S(=O)(=O)c1ccc(C=CC(=O)NNC(=O)c2ccc(Cl)cc2)cc1. The minimum absolute atomic E-state index is 0.193. The molecule has 0 unspecified atom stereocenters. The topological polar surface area (TPSA) is 95.6 Å². The highest BCUT2D eigenvalue weighted by molar-refractivity contribution is 7.89. The first-order valence-electron chi connectivity index (χ1n) is 8.92. The second-order valence-electron chi connectivity index (χ2n) is 5.94. The van der Waals surface area contributed by atoms with Gasteiger partial charge in [0, 0.05) is 29.8 Å². The van der Waals surface area contributed by atoms with Crippen LogP contribution in [0.1, 0.15) is 29.8 Å². The van der Waals surface area contributed by atoms with Crippen molar-refractivity contribution in [3.8, 4) is 0 Å². The Hall–Kier alpha value is -2.68. The van der Waals surface area contributed by atoms with Crippen molar-refractivity contribution in [1.29, 1.82) is 0 Å². The van der Waals surface area contributed by atoms with Crippen molar-refractivity contribution in [2.45, 2.75) is 18.7 Å². The summed E-state index contributed by atoms with van der Waals surface area (Å²) in [6.07, 6.45) is 2.74. The number of sulfonamides is 1. The molecule has 0 aliphatic heterocycles. The third-order valence-corrected chi connectivity index (χ3v) is 6.37. The summed E-state index contributed by atoms with van der Waals surface area (Å²) in [7, 11) is -3.52. The number of amides is 2. The summed E-state index contributed by atoms with van der Waals surface area (Å²) in [5.41, 5.74) is 5.55. The van der Waals surface area contributed by atoms with Gasteiger partial charge in [0.1, 0.15) is 0 Å². The minimum atomic E-state index is -3.52. The number of rotatable bonds is 7. The van der Waals surface area contributed by atoms with Gasteiger partial charge in [-0.25, -0.2) is 8.42 Å². The lowest BCUT2D eigenvalue weighted by molar-refractivity contribution is -0.117. The molecule has 0 atom stereocenters. The van der Waals surface area contributed by atoms with Crippen molar-refractivity contribution >= 4 is 39.5 Å². The number of hydrazine groups is 1. The molecule has 2 rings (SSSR count). The van der Waals surface area contributed by atoms with Gasteiger partial charge >= 0.3 is 0 Å². The van der Waals surface area contributed by atoms with Gasteiger partial charge < -0.3 is 0 Å². The highest BCUT2D eigenvalue weighted by Gasteiger charge is 2.20. The largest absolute Gasteiger partial charge is 0.269 e. The zero-order valence-electron chi connectivity index (χ0n) is 16.1. The number of hydrogen-bond donors (Lipinski definition) is 2. The molecule has 7 nitrogen and oxygen atoms in total. The van der Waals surface area contributed by atoms with E-state index in [-0.39, 0.29) is 4.90 Å². The van der Waals surface area contributed by atoms with Gasteiger partial charge in [-0.15, -0.1) is 0 Å². The molecule has 0 radical (unpaired) electrons. The summed E-state index contributed by atoms with van der Waals surface area (Å²) in [6, 6.07) is 12.4. The molecule has 0 fully saturated rings. The van der Waals surface area contributed by atoms with Gasteiger partial charge in [-0.3, -0.25) is 20.4 Å². The molecule has 9 heteroatoms. The molecule has 0 saturated heterocycles. The van der Waals surface area contributed by atoms with E-state index in [2.05, 4.69) is 10.9 Å². The van der Waals surface area contributed by atoms with Crippen molar-refractivity contribution in [3.63, 3.8) is 0 Å². The fourth-order valence-corrected chi connectivity index (χ4v) is 4.05. The number of benzene rings is 2. The number of nitrogens with zero attached hydrogens (tertiary/aromatic N) is 1. The summed E-state index contributed by atoms with van der Waals surface area (Å²) in [5.74, 6) is -1.01. The smallest absolute Gasteiger partial charge is 0.268 e. The second kappa shape index (κ2) is 10.2. The third kappa shape index (κ3) is 6.15. The average molecular weight is 436 g/mol. The Balaban J connectivity index is 1.94. The van der Waals surface area contributed by atoms with E-state index in [4.69, 9.17) is 11.6 Å². The van der Waals surface area contributed by atoms with Gasteiger partial charge in [-0.05, 0) is 48.0 Å². The van der Waals surface area contributed by atoms with Gasteiger partial charge in [0.05, 0.1) is 4.90 Å². The van der Waals surface area contributed by atoms with Crippen LogP contribution in [-0.2, 0) is 14.8 Å². The molecule has 0 heterocycles. The number of nitrogens with one attached hydrogen (secondary N) is 2. The molecule has 0 aliphatic rings. The molecule has 2 aromatic carbocycles. The van der Waals surface area contributed by atoms with E-state index in [0.29, 0.717) is 29.2 Å². The first-order chi connectivity index (χ1) is 13.8. The standard InChI is InChI=1S/C20H22ClN3O4S/c1-3-24(4-2)29(27,28)18-12-5-15(6-13-18)7-14-19(25)22-23-20(26)16-8-10-17(21)11-9-16/h5-14H,3-4H2,1-2H3,(H,22,25)(H,23,26). The summed E-state index contributed by atoms with van der Waals surface area (Å²) >= 11 is 5.76. The maximum atomic E-state index is 12.5. The van der Waals surface area contributed by atoms with Crippen LogP contribution < -0.4 is 10.9 Å². The van der Waals surface area contributed by atoms with Crippen molar-refractivity contribution in [2.24, 2.45) is 0 Å². The molecule has 2 amide bonds. The summed E-state index contributed by atoms with van der Waals surface area (Å²) < 4.78 is 26.3. The fraction of sp³-hybridized carbons (Fsp3) is 0.200. The van der Waals surface area contributed by atoms with E-state index < -0.39 is 21.8 Å². The molecule has 0 aliphatic carbocycles. The normalized spacial score (nSPS) is 11.6. The Morgan fingerprint density at radius 3 is 2.10 bits per heavy atom. The van der Waals surface area contributed by atoms with Crippen molar-refractivity contribution in [3.05, 3.63) is 70.8 Å². The van der Waals surface area contributed by atoms with Crippen LogP contribution in [0.4, 0.5) is 0 Å². The van der Waals surface area contributed by atoms with Gasteiger partial charge in [-0.2, -0.15) is 4.31 Å². The quantitative estimate of drug-likeness (QED) is 0.516. The molecule has 0 aromatic heterocycles. The lowest BCUT2D eigenvalue weighted by atomic mass is 10.2. The Bertz CT molecular complexity index is 983. The first kappa shape index (κ1) is 22.6. The van der Waals surface area contributed by atoms with E-state index in [1.54, 1.807) is 38.1 Å². The van der Waals surface area contributed by atoms with E-state index in [1.807, 2.05) is 0 Å². The molecule has 29 heavy (non-hydrogen) atoms. The minimum Gasteiger partial charge on any atom is -0.268 e. The molecular weight excluding hydrogens is 414 g/mol. The van der Waals surface area contributed by atoms with Crippen LogP contribution in [-0.4, -0.2) is 37.6 Å². The zero-order chi connectivity index (χ0) is 21.4. The summed E-state index contributed by atoms with van der Waals surface area (Å²) in [4.78, 5) is 24.0. The van der Waals surface area contributed by atoms with Crippen LogP contribution in [0.5, 0.6) is 0 Å². The van der Waals surface area contributed by atoms with Gasteiger partial charge in [-0.1, -0.05) is 37.6 Å². The maximum absolute atomic E-state index is 12.5. The molecule has 0 bridgehead atoms.